The van der Waals surface area contributed by atoms with E-state index < -0.39 is 0 Å². The molecule has 2 rings (SSSR count). The van der Waals surface area contributed by atoms with Gasteiger partial charge in [0.05, 0.1) is 0 Å². The number of fused-ring (bicyclic) bond motifs is 2. The lowest BCUT2D eigenvalue weighted by molar-refractivity contribution is 0.183. The van der Waals surface area contributed by atoms with E-state index >= 15 is 0 Å². The maximum absolute atomic E-state index is 2.52. The van der Waals surface area contributed by atoms with E-state index in [2.05, 4.69) is 39.8 Å². The van der Waals surface area contributed by atoms with Crippen molar-refractivity contribution in [1.82, 2.24) is 0 Å². The highest BCUT2D eigenvalue weighted by atomic mass is 28.1. The second-order valence-electron chi connectivity index (χ2n) is 6.56. The molecule has 0 aromatic rings. The Morgan fingerprint density at radius 1 is 1.07 bits per heavy atom. The molecule has 0 nitrogen and oxygen atoms in total. The Bertz CT molecular complexity index is 257. The summed E-state index contributed by atoms with van der Waals surface area (Å²) in [4.78, 5) is 0. The molecule has 0 amide bonds. The van der Waals surface area contributed by atoms with Crippen molar-refractivity contribution in [3.8, 4) is 0 Å². The second-order valence-corrected chi connectivity index (χ2v) is 8.29. The SMILES string of the molecule is CC(C)C([SiH3])(C(C)C)C1CC2C=CC1C2. The van der Waals surface area contributed by atoms with Gasteiger partial charge in [-0.15, -0.1) is 0 Å². The van der Waals surface area contributed by atoms with Crippen LogP contribution in [0.25, 0.3) is 0 Å². The molecule has 0 aliphatic heterocycles. The lowest BCUT2D eigenvalue weighted by Gasteiger charge is -2.46. The van der Waals surface area contributed by atoms with Crippen LogP contribution in [-0.2, 0) is 0 Å². The van der Waals surface area contributed by atoms with E-state index in [1.807, 2.05) is 0 Å². The molecule has 1 fully saturated rings. The van der Waals surface area contributed by atoms with Crippen LogP contribution in [0.5, 0.6) is 0 Å². The van der Waals surface area contributed by atoms with Gasteiger partial charge in [0.15, 0.2) is 0 Å². The van der Waals surface area contributed by atoms with Crippen LogP contribution >= 0.6 is 0 Å². The quantitative estimate of drug-likeness (QED) is 0.509. The predicted molar refractivity (Wildman–Crippen MR) is 71.2 cm³/mol. The van der Waals surface area contributed by atoms with E-state index in [-0.39, 0.29) is 0 Å². The van der Waals surface area contributed by atoms with Crippen molar-refractivity contribution < 1.29 is 0 Å². The third-order valence-electron chi connectivity index (χ3n) is 5.57. The fourth-order valence-corrected chi connectivity index (χ4v) is 4.68. The molecule has 1 saturated carbocycles. The average Bonchev–Trinajstić information content (AvgIpc) is 2.76. The van der Waals surface area contributed by atoms with Crippen LogP contribution in [-0.4, -0.2) is 10.2 Å². The van der Waals surface area contributed by atoms with Crippen LogP contribution in [0.15, 0.2) is 12.2 Å². The van der Waals surface area contributed by atoms with E-state index in [9.17, 15) is 0 Å². The first-order chi connectivity index (χ1) is 6.96. The topological polar surface area (TPSA) is 0 Å². The number of hydrogen-bond donors (Lipinski definition) is 0. The lowest BCUT2D eigenvalue weighted by Crippen LogP contribution is -2.36. The minimum atomic E-state index is 0.671. The Labute approximate surface area is 98.0 Å². The predicted octanol–water partition coefficient (Wildman–Crippen LogP) is 3.03. The zero-order valence-electron chi connectivity index (χ0n) is 11.0. The zero-order chi connectivity index (χ0) is 11.2. The minimum Gasteiger partial charge on any atom is -0.0851 e. The van der Waals surface area contributed by atoms with Crippen molar-refractivity contribution in [3.63, 3.8) is 0 Å². The third kappa shape index (κ3) is 1.63. The van der Waals surface area contributed by atoms with Gasteiger partial charge < -0.3 is 0 Å². The van der Waals surface area contributed by atoms with Crippen LogP contribution < -0.4 is 0 Å². The summed E-state index contributed by atoms with van der Waals surface area (Å²) in [7, 11) is 1.36. The molecule has 2 aliphatic rings. The fraction of sp³-hybridized carbons (Fsp3) is 0.857. The first kappa shape index (κ1) is 11.4. The van der Waals surface area contributed by atoms with Gasteiger partial charge >= 0.3 is 0 Å². The molecule has 2 bridgehead atoms. The smallest absolute Gasteiger partial charge is 0.0117 e. The molecule has 3 unspecified atom stereocenters. The summed E-state index contributed by atoms with van der Waals surface area (Å²) < 4.78 is 0. The lowest BCUT2D eigenvalue weighted by atomic mass is 9.69. The minimum absolute atomic E-state index is 0.671. The molecular weight excluding hydrogens is 196 g/mol. The van der Waals surface area contributed by atoms with Gasteiger partial charge in [0.1, 0.15) is 0 Å². The van der Waals surface area contributed by atoms with Crippen molar-refractivity contribution in [2.45, 2.75) is 45.6 Å². The molecule has 2 aliphatic carbocycles. The van der Waals surface area contributed by atoms with Crippen molar-refractivity contribution in [2.24, 2.45) is 29.6 Å². The molecule has 0 N–H and O–H groups in total. The molecule has 3 atom stereocenters. The van der Waals surface area contributed by atoms with E-state index in [0.29, 0.717) is 5.04 Å². The second kappa shape index (κ2) is 3.76. The highest BCUT2D eigenvalue weighted by molar-refractivity contribution is 6.16. The van der Waals surface area contributed by atoms with Gasteiger partial charge in [-0.3, -0.25) is 0 Å². The Hall–Kier alpha value is -0.0431. The summed E-state index contributed by atoms with van der Waals surface area (Å²) in [6.07, 6.45) is 7.95. The van der Waals surface area contributed by atoms with Crippen LogP contribution in [0.3, 0.4) is 0 Å². The fourth-order valence-electron chi connectivity index (χ4n) is 4.02. The van der Waals surface area contributed by atoms with Gasteiger partial charge in [0.2, 0.25) is 0 Å². The summed E-state index contributed by atoms with van der Waals surface area (Å²) in [5.74, 6) is 4.59. The molecule has 15 heavy (non-hydrogen) atoms. The van der Waals surface area contributed by atoms with Crippen molar-refractivity contribution in [1.29, 1.82) is 0 Å². The molecule has 1 heteroatoms. The Morgan fingerprint density at radius 2 is 1.67 bits per heavy atom. The molecule has 0 aromatic carbocycles. The summed E-state index contributed by atoms with van der Waals surface area (Å²) in [6.45, 7) is 9.79. The van der Waals surface area contributed by atoms with Crippen LogP contribution in [0.2, 0.25) is 5.04 Å². The van der Waals surface area contributed by atoms with Gasteiger partial charge in [-0.05, 0) is 47.5 Å². The van der Waals surface area contributed by atoms with E-state index in [0.717, 1.165) is 29.6 Å². The van der Waals surface area contributed by atoms with E-state index in [1.54, 1.807) is 0 Å². The highest BCUT2D eigenvalue weighted by Crippen LogP contribution is 2.59. The Kier molecular flexibility index (Phi) is 2.87. The molecule has 0 saturated heterocycles. The molecule has 86 valence electrons. The van der Waals surface area contributed by atoms with Gasteiger partial charge in [-0.25, -0.2) is 0 Å². The number of allylic oxidation sites excluding steroid dienone is 2. The van der Waals surface area contributed by atoms with Crippen LogP contribution in [0, 0.1) is 29.6 Å². The molecule has 0 spiro atoms. The summed E-state index contributed by atoms with van der Waals surface area (Å²) in [5, 5.41) is 0.671. The Balaban J connectivity index is 2.23. The molecule has 0 heterocycles. The summed E-state index contributed by atoms with van der Waals surface area (Å²) in [5.41, 5.74) is 0. The van der Waals surface area contributed by atoms with Crippen molar-refractivity contribution in [3.05, 3.63) is 12.2 Å². The molecule has 0 aromatic heterocycles. The number of rotatable bonds is 3. The van der Waals surface area contributed by atoms with E-state index in [1.165, 1.54) is 23.1 Å². The first-order valence-corrected chi connectivity index (χ1v) is 7.64. The van der Waals surface area contributed by atoms with Gasteiger partial charge in [-0.1, -0.05) is 39.8 Å². The highest BCUT2D eigenvalue weighted by Gasteiger charge is 2.48. The molecular formula is C14H26Si. The Morgan fingerprint density at radius 3 is 2.00 bits per heavy atom. The van der Waals surface area contributed by atoms with Crippen molar-refractivity contribution >= 4 is 10.2 Å². The largest absolute Gasteiger partial charge is 0.0851 e. The van der Waals surface area contributed by atoms with Gasteiger partial charge in [0, 0.05) is 10.2 Å². The number of hydrogen-bond acceptors (Lipinski definition) is 0. The zero-order valence-corrected chi connectivity index (χ0v) is 13.0. The van der Waals surface area contributed by atoms with Crippen LogP contribution in [0.4, 0.5) is 0 Å². The molecule has 0 radical (unpaired) electrons. The van der Waals surface area contributed by atoms with E-state index in [4.69, 9.17) is 0 Å². The first-order valence-electron chi connectivity index (χ1n) is 6.64. The van der Waals surface area contributed by atoms with Crippen molar-refractivity contribution in [2.75, 3.05) is 0 Å². The normalized spacial score (nSPS) is 34.9. The van der Waals surface area contributed by atoms with Gasteiger partial charge in [-0.2, -0.15) is 0 Å². The van der Waals surface area contributed by atoms with Gasteiger partial charge in [0.25, 0.3) is 0 Å². The summed E-state index contributed by atoms with van der Waals surface area (Å²) >= 11 is 0. The summed E-state index contributed by atoms with van der Waals surface area (Å²) in [6, 6.07) is 0. The standard InChI is InChI=1S/C14H26Si/c1-9(2)14(15,10(3)4)13-8-11-5-6-12(13)7-11/h5-6,9-13H,7-8H2,1-4,15H3. The maximum atomic E-state index is 2.52. The maximum Gasteiger partial charge on any atom is 0.0117 e. The van der Waals surface area contributed by atoms with Crippen LogP contribution in [0.1, 0.15) is 40.5 Å². The third-order valence-corrected chi connectivity index (χ3v) is 8.62. The average molecular weight is 222 g/mol. The monoisotopic (exact) mass is 222 g/mol.